The number of methoxy groups -OCH3 is 2. The van der Waals surface area contributed by atoms with Crippen molar-refractivity contribution >= 4 is 5.97 Å². The van der Waals surface area contributed by atoms with Crippen molar-refractivity contribution in [1.82, 2.24) is 0 Å². The van der Waals surface area contributed by atoms with E-state index in [2.05, 4.69) is 0 Å². The molecule has 0 aliphatic heterocycles. The molecule has 0 amide bonds. The van der Waals surface area contributed by atoms with Gasteiger partial charge in [0.1, 0.15) is 30.5 Å². The van der Waals surface area contributed by atoms with Crippen molar-refractivity contribution in [3.05, 3.63) is 89.0 Å². The van der Waals surface area contributed by atoms with Gasteiger partial charge in [-0.25, -0.2) is 4.79 Å². The van der Waals surface area contributed by atoms with Crippen LogP contribution in [0, 0.1) is 6.92 Å². The fourth-order valence-corrected chi connectivity index (χ4v) is 2.79. The second-order valence-corrected chi connectivity index (χ2v) is 6.60. The Bertz CT molecular complexity index is 946. The molecule has 0 aromatic heterocycles. The molecule has 0 bridgehead atoms. The summed E-state index contributed by atoms with van der Waals surface area (Å²) in [5, 5.41) is 0. The number of aryl methyl sites for hydroxylation is 1. The van der Waals surface area contributed by atoms with Gasteiger partial charge >= 0.3 is 5.97 Å². The molecule has 0 radical (unpaired) electrons. The van der Waals surface area contributed by atoms with Crippen molar-refractivity contribution in [2.75, 3.05) is 14.2 Å². The first-order chi connectivity index (χ1) is 14.1. The van der Waals surface area contributed by atoms with E-state index in [0.29, 0.717) is 18.8 Å². The van der Waals surface area contributed by atoms with E-state index in [1.54, 1.807) is 19.2 Å². The largest absolute Gasteiger partial charge is 0.497 e. The number of benzene rings is 3. The molecule has 0 aliphatic rings. The normalized spacial score (nSPS) is 10.3. The lowest BCUT2D eigenvalue weighted by Crippen LogP contribution is -2.02. The van der Waals surface area contributed by atoms with Gasteiger partial charge in [0.05, 0.1) is 19.8 Å². The lowest BCUT2D eigenvalue weighted by molar-refractivity contribution is 0.0600. The summed E-state index contributed by atoms with van der Waals surface area (Å²) < 4.78 is 21.7. The highest BCUT2D eigenvalue weighted by Gasteiger charge is 2.06. The van der Waals surface area contributed by atoms with Crippen LogP contribution in [0.25, 0.3) is 0 Å². The Balaban J connectivity index is 1.60. The Labute approximate surface area is 170 Å². The molecule has 0 unspecified atom stereocenters. The Morgan fingerprint density at radius 2 is 1.24 bits per heavy atom. The van der Waals surface area contributed by atoms with E-state index in [1.165, 1.54) is 7.11 Å². The summed E-state index contributed by atoms with van der Waals surface area (Å²) in [6.07, 6.45) is 0. The van der Waals surface area contributed by atoms with E-state index in [-0.39, 0.29) is 5.97 Å². The lowest BCUT2D eigenvalue weighted by Gasteiger charge is -2.12. The molecule has 0 N–H and O–H groups in total. The van der Waals surface area contributed by atoms with Gasteiger partial charge in [-0.05, 0) is 60.0 Å². The Hall–Kier alpha value is -3.47. The second-order valence-electron chi connectivity index (χ2n) is 6.60. The van der Waals surface area contributed by atoms with Crippen LogP contribution in [-0.2, 0) is 18.0 Å². The Morgan fingerprint density at radius 1 is 0.724 bits per heavy atom. The number of hydrogen-bond donors (Lipinski definition) is 0. The maximum Gasteiger partial charge on any atom is 0.337 e. The van der Waals surface area contributed by atoms with E-state index in [9.17, 15) is 4.79 Å². The minimum absolute atomic E-state index is 0.352. The van der Waals surface area contributed by atoms with Crippen LogP contribution in [0.5, 0.6) is 17.2 Å². The van der Waals surface area contributed by atoms with E-state index in [0.717, 1.165) is 33.9 Å². The molecule has 0 saturated heterocycles. The molecular formula is C24H24O5. The third-order valence-electron chi connectivity index (χ3n) is 4.37. The Kier molecular flexibility index (Phi) is 6.74. The van der Waals surface area contributed by atoms with Crippen molar-refractivity contribution in [3.8, 4) is 17.2 Å². The highest BCUT2D eigenvalue weighted by Crippen LogP contribution is 2.24. The third kappa shape index (κ3) is 5.75. The lowest BCUT2D eigenvalue weighted by atomic mass is 10.1. The molecule has 0 atom stereocenters. The van der Waals surface area contributed by atoms with Crippen molar-refractivity contribution in [3.63, 3.8) is 0 Å². The van der Waals surface area contributed by atoms with Crippen LogP contribution in [0.2, 0.25) is 0 Å². The van der Waals surface area contributed by atoms with Gasteiger partial charge in [0.25, 0.3) is 0 Å². The summed E-state index contributed by atoms with van der Waals surface area (Å²) in [5.74, 6) is 1.94. The van der Waals surface area contributed by atoms with E-state index in [1.807, 2.05) is 61.5 Å². The molecule has 3 aromatic carbocycles. The van der Waals surface area contributed by atoms with Crippen LogP contribution >= 0.6 is 0 Å². The van der Waals surface area contributed by atoms with Crippen molar-refractivity contribution in [1.29, 1.82) is 0 Å². The minimum Gasteiger partial charge on any atom is -0.497 e. The van der Waals surface area contributed by atoms with Crippen molar-refractivity contribution in [2.24, 2.45) is 0 Å². The smallest absolute Gasteiger partial charge is 0.337 e. The zero-order chi connectivity index (χ0) is 20.6. The highest BCUT2D eigenvalue weighted by molar-refractivity contribution is 5.89. The zero-order valence-corrected chi connectivity index (χ0v) is 16.8. The van der Waals surface area contributed by atoms with Gasteiger partial charge in [-0.1, -0.05) is 24.3 Å². The van der Waals surface area contributed by atoms with Crippen LogP contribution in [-0.4, -0.2) is 20.2 Å². The second kappa shape index (κ2) is 9.64. The quantitative estimate of drug-likeness (QED) is 0.508. The average molecular weight is 392 g/mol. The van der Waals surface area contributed by atoms with Crippen LogP contribution in [0.1, 0.15) is 27.0 Å². The van der Waals surface area contributed by atoms with Gasteiger partial charge in [0, 0.05) is 6.07 Å². The van der Waals surface area contributed by atoms with Gasteiger partial charge in [-0.15, -0.1) is 0 Å². The molecule has 29 heavy (non-hydrogen) atoms. The zero-order valence-electron chi connectivity index (χ0n) is 16.8. The molecule has 3 rings (SSSR count). The third-order valence-corrected chi connectivity index (χ3v) is 4.37. The molecule has 5 heteroatoms. The van der Waals surface area contributed by atoms with Gasteiger partial charge in [-0.2, -0.15) is 0 Å². The maximum atomic E-state index is 11.5. The molecule has 3 aromatic rings. The highest BCUT2D eigenvalue weighted by atomic mass is 16.5. The fourth-order valence-electron chi connectivity index (χ4n) is 2.79. The molecule has 0 heterocycles. The first kappa shape index (κ1) is 20.3. The van der Waals surface area contributed by atoms with Gasteiger partial charge < -0.3 is 18.9 Å². The van der Waals surface area contributed by atoms with Crippen LogP contribution < -0.4 is 14.2 Å². The predicted octanol–water partition coefficient (Wildman–Crippen LogP) is 4.95. The van der Waals surface area contributed by atoms with Crippen LogP contribution in [0.15, 0.2) is 66.7 Å². The standard InChI is InChI=1S/C24H24O5/c1-17-12-22(28-15-18-4-8-20(9-5-18)24(25)27-3)14-23(13-17)29-16-19-6-10-21(26-2)11-7-19/h4-14H,15-16H2,1-3H3. The van der Waals surface area contributed by atoms with Crippen LogP contribution in [0.4, 0.5) is 0 Å². The number of hydrogen-bond acceptors (Lipinski definition) is 5. The molecule has 0 spiro atoms. The molecule has 150 valence electrons. The Morgan fingerprint density at radius 3 is 1.72 bits per heavy atom. The summed E-state index contributed by atoms with van der Waals surface area (Å²) >= 11 is 0. The van der Waals surface area contributed by atoms with Gasteiger partial charge in [0.2, 0.25) is 0 Å². The average Bonchev–Trinajstić information content (AvgIpc) is 2.76. The van der Waals surface area contributed by atoms with Crippen molar-refractivity contribution in [2.45, 2.75) is 20.1 Å². The monoisotopic (exact) mass is 392 g/mol. The van der Waals surface area contributed by atoms with Gasteiger partial charge in [0.15, 0.2) is 0 Å². The number of ether oxygens (including phenoxy) is 4. The SMILES string of the molecule is COC(=O)c1ccc(COc2cc(C)cc(OCc3ccc(OC)cc3)c2)cc1. The molecule has 0 saturated carbocycles. The summed E-state index contributed by atoms with van der Waals surface area (Å²) in [6, 6.07) is 20.7. The maximum absolute atomic E-state index is 11.5. The number of esters is 1. The predicted molar refractivity (Wildman–Crippen MR) is 111 cm³/mol. The van der Waals surface area contributed by atoms with Gasteiger partial charge in [-0.3, -0.25) is 0 Å². The molecule has 5 nitrogen and oxygen atoms in total. The summed E-state index contributed by atoms with van der Waals surface area (Å²) in [4.78, 5) is 11.5. The van der Waals surface area contributed by atoms with E-state index < -0.39 is 0 Å². The number of carbonyl (C=O) groups is 1. The molecular weight excluding hydrogens is 368 g/mol. The summed E-state index contributed by atoms with van der Waals surface area (Å²) in [7, 11) is 3.01. The number of rotatable bonds is 8. The molecule has 0 fully saturated rings. The van der Waals surface area contributed by atoms with Crippen molar-refractivity contribution < 1.29 is 23.7 Å². The van der Waals surface area contributed by atoms with E-state index >= 15 is 0 Å². The van der Waals surface area contributed by atoms with Crippen LogP contribution in [0.3, 0.4) is 0 Å². The minimum atomic E-state index is -0.352. The molecule has 0 aliphatic carbocycles. The fraction of sp³-hybridized carbons (Fsp3) is 0.208. The number of carbonyl (C=O) groups excluding carboxylic acids is 1. The summed E-state index contributed by atoms with van der Waals surface area (Å²) in [6.45, 7) is 2.85. The first-order valence-electron chi connectivity index (χ1n) is 9.25. The topological polar surface area (TPSA) is 54.0 Å². The summed E-state index contributed by atoms with van der Waals surface area (Å²) in [5.41, 5.74) is 3.58. The first-order valence-corrected chi connectivity index (χ1v) is 9.25. The van der Waals surface area contributed by atoms with E-state index in [4.69, 9.17) is 18.9 Å².